The summed E-state index contributed by atoms with van der Waals surface area (Å²) in [6.45, 7) is 7.13. The Morgan fingerprint density at radius 3 is 2.23 bits per heavy atom. The van der Waals surface area contributed by atoms with Crippen LogP contribution in [0.5, 0.6) is 0 Å². The molecule has 2 N–H and O–H groups in total. The van der Waals surface area contributed by atoms with Crippen LogP contribution in [0.3, 0.4) is 0 Å². The SMILES string of the molecule is CCOC(CO)(OCC)OCC.COC(=O)c1cc(F)c2nc(CO)n(CCn3cccn3)c2c1. The second-order valence-corrected chi connectivity index (χ2v) is 7.06. The fraction of sp³-hybridized carbons (Fsp3) is 0.522. The minimum absolute atomic E-state index is 0.0993. The average molecular weight is 497 g/mol. The summed E-state index contributed by atoms with van der Waals surface area (Å²) in [5.41, 5.74) is 0.644. The minimum atomic E-state index is -1.25. The Labute approximate surface area is 203 Å². The summed E-state index contributed by atoms with van der Waals surface area (Å²) in [7, 11) is 1.23. The fourth-order valence-corrected chi connectivity index (χ4v) is 3.39. The van der Waals surface area contributed by atoms with E-state index in [1.165, 1.54) is 13.2 Å². The highest BCUT2D eigenvalue weighted by Gasteiger charge is 2.31. The van der Waals surface area contributed by atoms with Gasteiger partial charge in [0.2, 0.25) is 0 Å². The predicted octanol–water partition coefficient (Wildman–Crippen LogP) is 2.09. The van der Waals surface area contributed by atoms with Gasteiger partial charge in [0, 0.05) is 38.8 Å². The first-order valence-corrected chi connectivity index (χ1v) is 11.3. The van der Waals surface area contributed by atoms with Crippen molar-refractivity contribution in [2.24, 2.45) is 0 Å². The van der Waals surface area contributed by atoms with Crippen molar-refractivity contribution in [3.8, 4) is 0 Å². The molecule has 0 aliphatic rings. The molecule has 3 rings (SSSR count). The maximum Gasteiger partial charge on any atom is 0.338 e. The third kappa shape index (κ3) is 7.29. The standard InChI is InChI=1S/C15H15FN4O3.C8H18O4/c1-23-15(22)10-7-11(16)14-12(8-10)20(13(9-21)18-14)6-5-19-4-2-3-17-19;1-4-10-8(7-9,11-5-2)12-6-3/h2-4,7-8,21H,5-6,9H2,1H3;9H,4-7H2,1-3H3. The number of halogens is 1. The molecule has 2 aromatic heterocycles. The molecule has 0 unspecified atom stereocenters. The zero-order valence-corrected chi connectivity index (χ0v) is 20.4. The summed E-state index contributed by atoms with van der Waals surface area (Å²) in [5.74, 6) is -2.18. The first kappa shape index (κ1) is 28.3. The van der Waals surface area contributed by atoms with E-state index in [-0.39, 0.29) is 24.3 Å². The van der Waals surface area contributed by atoms with Crippen molar-refractivity contribution in [2.75, 3.05) is 33.5 Å². The van der Waals surface area contributed by atoms with Crippen LogP contribution in [0.2, 0.25) is 0 Å². The number of aromatic nitrogens is 4. The highest BCUT2D eigenvalue weighted by atomic mass is 19.1. The maximum atomic E-state index is 14.2. The van der Waals surface area contributed by atoms with Crippen molar-refractivity contribution in [3.05, 3.63) is 47.8 Å². The summed E-state index contributed by atoms with van der Waals surface area (Å²) in [4.78, 5) is 15.8. The largest absolute Gasteiger partial charge is 0.465 e. The predicted molar refractivity (Wildman–Crippen MR) is 124 cm³/mol. The molecule has 0 spiro atoms. The van der Waals surface area contributed by atoms with Gasteiger partial charge in [0.1, 0.15) is 24.6 Å². The minimum Gasteiger partial charge on any atom is -0.465 e. The topological polar surface area (TPSA) is 130 Å². The van der Waals surface area contributed by atoms with E-state index in [0.717, 1.165) is 6.07 Å². The molecule has 0 amide bonds. The van der Waals surface area contributed by atoms with Crippen LogP contribution < -0.4 is 0 Å². The van der Waals surface area contributed by atoms with Crippen LogP contribution in [0, 0.1) is 5.82 Å². The molecule has 0 saturated heterocycles. The van der Waals surface area contributed by atoms with Crippen molar-refractivity contribution in [3.63, 3.8) is 0 Å². The summed E-state index contributed by atoms with van der Waals surface area (Å²) in [6.07, 6.45) is 3.46. The van der Waals surface area contributed by atoms with Crippen molar-refractivity contribution in [2.45, 2.75) is 46.4 Å². The molecule has 2 heterocycles. The zero-order chi connectivity index (χ0) is 25.8. The molecule has 0 fully saturated rings. The van der Waals surface area contributed by atoms with Gasteiger partial charge in [0.25, 0.3) is 0 Å². The second kappa shape index (κ2) is 13.9. The third-order valence-electron chi connectivity index (χ3n) is 4.85. The Morgan fingerprint density at radius 1 is 1.09 bits per heavy atom. The molecule has 0 bridgehead atoms. The van der Waals surface area contributed by atoms with Crippen molar-refractivity contribution in [1.29, 1.82) is 0 Å². The molecular weight excluding hydrogens is 463 g/mol. The van der Waals surface area contributed by atoms with Gasteiger partial charge in [-0.3, -0.25) is 4.68 Å². The normalized spacial score (nSPS) is 11.4. The second-order valence-electron chi connectivity index (χ2n) is 7.06. The summed E-state index contributed by atoms with van der Waals surface area (Å²) in [5, 5.41) is 22.6. The number of ether oxygens (including phenoxy) is 4. The number of carbonyl (C=O) groups excluding carboxylic acids is 1. The van der Waals surface area contributed by atoms with E-state index in [1.54, 1.807) is 27.7 Å². The Bertz CT molecular complexity index is 1040. The van der Waals surface area contributed by atoms with Gasteiger partial charge < -0.3 is 33.7 Å². The number of imidazole rings is 1. The maximum absolute atomic E-state index is 14.2. The number of methoxy groups -OCH3 is 1. The molecule has 1 aromatic carbocycles. The van der Waals surface area contributed by atoms with Crippen LogP contribution in [0.25, 0.3) is 11.0 Å². The van der Waals surface area contributed by atoms with Gasteiger partial charge in [-0.1, -0.05) is 0 Å². The molecule has 0 aliphatic carbocycles. The number of benzene rings is 1. The van der Waals surface area contributed by atoms with E-state index >= 15 is 0 Å². The van der Waals surface area contributed by atoms with Gasteiger partial charge in [-0.2, -0.15) is 5.10 Å². The summed E-state index contributed by atoms with van der Waals surface area (Å²) in [6, 6.07) is 4.40. The zero-order valence-electron chi connectivity index (χ0n) is 20.4. The number of aryl methyl sites for hydroxylation is 2. The van der Waals surface area contributed by atoms with Crippen LogP contribution in [0.4, 0.5) is 4.39 Å². The van der Waals surface area contributed by atoms with Crippen molar-refractivity contribution < 1.29 is 38.3 Å². The van der Waals surface area contributed by atoms with Gasteiger partial charge in [0.05, 0.1) is 24.7 Å². The number of hydrogen-bond donors (Lipinski definition) is 2. The van der Waals surface area contributed by atoms with E-state index in [0.29, 0.717) is 44.3 Å². The number of fused-ring (bicyclic) bond motifs is 1. The Hall–Kier alpha value is -2.90. The number of hydrogen-bond acceptors (Lipinski definition) is 9. The van der Waals surface area contributed by atoms with Gasteiger partial charge in [-0.15, -0.1) is 0 Å². The van der Waals surface area contributed by atoms with Crippen LogP contribution in [0.1, 0.15) is 37.0 Å². The molecule has 12 heteroatoms. The molecule has 0 radical (unpaired) electrons. The van der Waals surface area contributed by atoms with E-state index in [4.69, 9.17) is 19.3 Å². The molecule has 0 atom stereocenters. The smallest absolute Gasteiger partial charge is 0.338 e. The number of aliphatic hydroxyl groups is 2. The Kier molecular flexibility index (Phi) is 11.2. The third-order valence-corrected chi connectivity index (χ3v) is 4.85. The molecule has 0 aliphatic heterocycles. The van der Waals surface area contributed by atoms with Gasteiger partial charge in [-0.05, 0) is 39.0 Å². The van der Waals surface area contributed by atoms with E-state index in [9.17, 15) is 14.3 Å². The van der Waals surface area contributed by atoms with Crippen LogP contribution in [0.15, 0.2) is 30.6 Å². The number of rotatable bonds is 12. The Morgan fingerprint density at radius 2 is 1.74 bits per heavy atom. The lowest BCUT2D eigenvalue weighted by molar-refractivity contribution is -0.387. The molecule has 194 valence electrons. The highest BCUT2D eigenvalue weighted by Crippen LogP contribution is 2.22. The van der Waals surface area contributed by atoms with Crippen LogP contribution in [-0.4, -0.2) is 75.0 Å². The highest BCUT2D eigenvalue weighted by molar-refractivity contribution is 5.94. The lowest BCUT2D eigenvalue weighted by Gasteiger charge is -2.29. The molecular formula is C23H33FN4O7. The van der Waals surface area contributed by atoms with Crippen molar-refractivity contribution >= 4 is 17.0 Å². The molecule has 3 aromatic rings. The van der Waals surface area contributed by atoms with E-state index in [2.05, 4.69) is 14.8 Å². The first-order valence-electron chi connectivity index (χ1n) is 11.3. The number of esters is 1. The quantitative estimate of drug-likeness (QED) is 0.286. The fourth-order valence-electron chi connectivity index (χ4n) is 3.39. The first-order chi connectivity index (χ1) is 16.9. The van der Waals surface area contributed by atoms with Crippen LogP contribution in [-0.2, 0) is 38.6 Å². The van der Waals surface area contributed by atoms with Crippen molar-refractivity contribution in [1.82, 2.24) is 19.3 Å². The number of aliphatic hydroxyl groups excluding tert-OH is 2. The Balaban J connectivity index is 0.000000307. The molecule has 0 saturated carbocycles. The average Bonchev–Trinajstić information content (AvgIpc) is 3.50. The summed E-state index contributed by atoms with van der Waals surface area (Å²) >= 11 is 0. The van der Waals surface area contributed by atoms with E-state index in [1.807, 2.05) is 20.8 Å². The van der Waals surface area contributed by atoms with Gasteiger partial charge in [0.15, 0.2) is 5.82 Å². The van der Waals surface area contributed by atoms with Gasteiger partial charge >= 0.3 is 11.9 Å². The monoisotopic (exact) mass is 496 g/mol. The van der Waals surface area contributed by atoms with Gasteiger partial charge in [-0.25, -0.2) is 14.2 Å². The molecule has 35 heavy (non-hydrogen) atoms. The van der Waals surface area contributed by atoms with Crippen LogP contribution >= 0.6 is 0 Å². The lowest BCUT2D eigenvalue weighted by atomic mass is 10.2. The molecule has 11 nitrogen and oxygen atoms in total. The number of nitrogens with zero attached hydrogens (tertiary/aromatic N) is 4. The summed E-state index contributed by atoms with van der Waals surface area (Å²) < 4.78 is 37.7. The van der Waals surface area contributed by atoms with E-state index < -0.39 is 17.8 Å². The lowest BCUT2D eigenvalue weighted by Crippen LogP contribution is -2.43. The number of carbonyl (C=O) groups is 1.